The molecule has 0 aromatic heterocycles. The molecule has 1 atom stereocenters. The van der Waals surface area contributed by atoms with Crippen LogP contribution < -0.4 is 0 Å². The number of carboxylic acid groups (broad SMARTS) is 1. The minimum Gasteiger partial charge on any atom is -0.480 e. The Morgan fingerprint density at radius 3 is 2.70 bits per heavy atom. The molecular formula is C14H21N3O3. The van der Waals surface area contributed by atoms with Gasteiger partial charge in [-0.15, -0.1) is 0 Å². The zero-order chi connectivity index (χ0) is 14.8. The van der Waals surface area contributed by atoms with Gasteiger partial charge >= 0.3 is 12.0 Å². The number of aliphatic carboxylic acids is 1. The van der Waals surface area contributed by atoms with E-state index in [0.717, 1.165) is 25.7 Å². The monoisotopic (exact) mass is 279 g/mol. The molecule has 1 heterocycles. The second kappa shape index (κ2) is 5.70. The minimum absolute atomic E-state index is 0.191. The number of rotatable bonds is 4. The Morgan fingerprint density at radius 2 is 2.15 bits per heavy atom. The molecule has 2 aliphatic rings. The van der Waals surface area contributed by atoms with E-state index < -0.39 is 11.5 Å². The maximum Gasteiger partial charge on any atom is 0.329 e. The molecule has 0 aromatic rings. The highest BCUT2D eigenvalue weighted by Crippen LogP contribution is 2.33. The number of carbonyl (C=O) groups excluding carboxylic acids is 1. The summed E-state index contributed by atoms with van der Waals surface area (Å²) in [5.41, 5.74) is -1.12. The van der Waals surface area contributed by atoms with Crippen molar-refractivity contribution in [3.8, 4) is 6.07 Å². The van der Waals surface area contributed by atoms with Crippen LogP contribution in [0, 0.1) is 11.3 Å². The molecule has 0 bridgehead atoms. The third-order valence-corrected chi connectivity index (χ3v) is 4.28. The van der Waals surface area contributed by atoms with Gasteiger partial charge in [0, 0.05) is 19.1 Å². The average Bonchev–Trinajstić information content (AvgIpc) is 3.24. The molecular weight excluding hydrogens is 258 g/mol. The van der Waals surface area contributed by atoms with Crippen LogP contribution in [0.15, 0.2) is 0 Å². The van der Waals surface area contributed by atoms with E-state index in [-0.39, 0.29) is 12.1 Å². The van der Waals surface area contributed by atoms with Gasteiger partial charge in [-0.2, -0.15) is 5.26 Å². The van der Waals surface area contributed by atoms with Crippen molar-refractivity contribution in [1.29, 1.82) is 5.26 Å². The van der Waals surface area contributed by atoms with E-state index in [9.17, 15) is 14.7 Å². The topological polar surface area (TPSA) is 84.6 Å². The predicted octanol–water partition coefficient (Wildman–Crippen LogP) is 1.81. The van der Waals surface area contributed by atoms with E-state index in [1.54, 1.807) is 11.8 Å². The SMILES string of the molecule is CC1(C(=O)O)CCCCN1C(=O)N(CCC#N)C1CC1. The number of amides is 2. The smallest absolute Gasteiger partial charge is 0.329 e. The van der Waals surface area contributed by atoms with Crippen molar-refractivity contribution in [3.05, 3.63) is 0 Å². The van der Waals surface area contributed by atoms with Gasteiger partial charge in [0.2, 0.25) is 0 Å². The van der Waals surface area contributed by atoms with Crippen molar-refractivity contribution in [2.75, 3.05) is 13.1 Å². The first-order chi connectivity index (χ1) is 9.50. The van der Waals surface area contributed by atoms with Crippen LogP contribution in [0.2, 0.25) is 0 Å². The summed E-state index contributed by atoms with van der Waals surface area (Å²) in [5.74, 6) is -0.943. The van der Waals surface area contributed by atoms with Crippen LogP contribution in [-0.4, -0.2) is 51.6 Å². The summed E-state index contributed by atoms with van der Waals surface area (Å²) in [6, 6.07) is 2.03. The number of urea groups is 1. The molecule has 1 unspecified atom stereocenters. The summed E-state index contributed by atoms with van der Waals surface area (Å²) in [7, 11) is 0. The van der Waals surface area contributed by atoms with Gasteiger partial charge in [-0.25, -0.2) is 9.59 Å². The molecule has 6 nitrogen and oxygen atoms in total. The number of carboxylic acids is 1. The maximum absolute atomic E-state index is 12.7. The van der Waals surface area contributed by atoms with Gasteiger partial charge in [-0.05, 0) is 39.0 Å². The van der Waals surface area contributed by atoms with Gasteiger partial charge in [0.05, 0.1) is 12.5 Å². The standard InChI is InChI=1S/C14H21N3O3/c1-14(12(18)19)7-2-3-10-17(14)13(20)16(9-4-8-15)11-5-6-11/h11H,2-7,9-10H2,1H3,(H,18,19). The van der Waals surface area contributed by atoms with Crippen LogP contribution in [-0.2, 0) is 4.79 Å². The van der Waals surface area contributed by atoms with Crippen LogP contribution in [0.3, 0.4) is 0 Å². The predicted molar refractivity (Wildman–Crippen MR) is 72.0 cm³/mol. The summed E-state index contributed by atoms with van der Waals surface area (Å²) in [5, 5.41) is 18.2. The van der Waals surface area contributed by atoms with Crippen LogP contribution in [0.5, 0.6) is 0 Å². The minimum atomic E-state index is -1.12. The Labute approximate surface area is 119 Å². The average molecular weight is 279 g/mol. The lowest BCUT2D eigenvalue weighted by Gasteiger charge is -2.43. The van der Waals surface area contributed by atoms with Crippen molar-refractivity contribution in [1.82, 2.24) is 9.80 Å². The van der Waals surface area contributed by atoms with Crippen LogP contribution >= 0.6 is 0 Å². The molecule has 2 amide bonds. The number of hydrogen-bond acceptors (Lipinski definition) is 3. The fraction of sp³-hybridized carbons (Fsp3) is 0.786. The molecule has 1 saturated heterocycles. The van der Waals surface area contributed by atoms with E-state index in [4.69, 9.17) is 5.26 Å². The van der Waals surface area contributed by atoms with E-state index in [1.165, 1.54) is 4.90 Å². The Morgan fingerprint density at radius 1 is 1.45 bits per heavy atom. The Kier molecular flexibility index (Phi) is 4.17. The van der Waals surface area contributed by atoms with Crippen LogP contribution in [0.1, 0.15) is 45.4 Å². The molecule has 20 heavy (non-hydrogen) atoms. The molecule has 6 heteroatoms. The third kappa shape index (κ3) is 2.72. The van der Waals surface area contributed by atoms with E-state index in [1.807, 2.05) is 0 Å². The molecule has 1 saturated carbocycles. The van der Waals surface area contributed by atoms with E-state index in [0.29, 0.717) is 25.9 Å². The number of nitrogens with zero attached hydrogens (tertiary/aromatic N) is 3. The van der Waals surface area contributed by atoms with E-state index >= 15 is 0 Å². The molecule has 2 rings (SSSR count). The number of piperidine rings is 1. The maximum atomic E-state index is 12.7. The molecule has 0 aromatic carbocycles. The largest absolute Gasteiger partial charge is 0.480 e. The molecule has 110 valence electrons. The van der Waals surface area contributed by atoms with Gasteiger partial charge in [-0.3, -0.25) is 0 Å². The molecule has 1 aliphatic carbocycles. The molecule has 2 fully saturated rings. The van der Waals surface area contributed by atoms with Gasteiger partial charge in [0.25, 0.3) is 0 Å². The lowest BCUT2D eigenvalue weighted by atomic mass is 9.89. The summed E-state index contributed by atoms with van der Waals surface area (Å²) in [6.07, 6.45) is 4.36. The fourth-order valence-electron chi connectivity index (χ4n) is 2.80. The highest BCUT2D eigenvalue weighted by Gasteiger charge is 2.47. The number of nitriles is 1. The van der Waals surface area contributed by atoms with Crippen molar-refractivity contribution < 1.29 is 14.7 Å². The summed E-state index contributed by atoms with van der Waals surface area (Å²) >= 11 is 0. The van der Waals surface area contributed by atoms with Gasteiger partial charge < -0.3 is 14.9 Å². The zero-order valence-corrected chi connectivity index (χ0v) is 11.8. The second-order valence-electron chi connectivity index (χ2n) is 5.80. The van der Waals surface area contributed by atoms with Crippen LogP contribution in [0.25, 0.3) is 0 Å². The first-order valence-corrected chi connectivity index (χ1v) is 7.19. The first-order valence-electron chi connectivity index (χ1n) is 7.19. The molecule has 1 aliphatic heterocycles. The van der Waals surface area contributed by atoms with Gasteiger partial charge in [-0.1, -0.05) is 0 Å². The lowest BCUT2D eigenvalue weighted by Crippen LogP contribution is -2.61. The third-order valence-electron chi connectivity index (χ3n) is 4.28. The summed E-state index contributed by atoms with van der Waals surface area (Å²) < 4.78 is 0. The molecule has 0 spiro atoms. The van der Waals surface area contributed by atoms with Crippen molar-refractivity contribution in [2.24, 2.45) is 0 Å². The van der Waals surface area contributed by atoms with Gasteiger partial charge in [0.1, 0.15) is 5.54 Å². The highest BCUT2D eigenvalue weighted by atomic mass is 16.4. The second-order valence-corrected chi connectivity index (χ2v) is 5.80. The van der Waals surface area contributed by atoms with Crippen LogP contribution in [0.4, 0.5) is 4.79 Å². The summed E-state index contributed by atoms with van der Waals surface area (Å²) in [4.78, 5) is 27.4. The molecule has 1 N–H and O–H groups in total. The lowest BCUT2D eigenvalue weighted by molar-refractivity contribution is -0.150. The Balaban J connectivity index is 2.15. The first kappa shape index (κ1) is 14.6. The Hall–Kier alpha value is -1.77. The van der Waals surface area contributed by atoms with Crippen molar-refractivity contribution in [3.63, 3.8) is 0 Å². The van der Waals surface area contributed by atoms with E-state index in [2.05, 4.69) is 6.07 Å². The number of carbonyl (C=O) groups is 2. The normalized spacial score (nSPS) is 25.9. The Bertz CT molecular complexity index is 441. The number of likely N-dealkylation sites (tertiary alicyclic amines) is 1. The zero-order valence-electron chi connectivity index (χ0n) is 11.8. The fourth-order valence-corrected chi connectivity index (χ4v) is 2.80. The highest BCUT2D eigenvalue weighted by molar-refractivity contribution is 5.86. The van der Waals surface area contributed by atoms with Gasteiger partial charge in [0.15, 0.2) is 0 Å². The van der Waals surface area contributed by atoms with Crippen molar-refractivity contribution in [2.45, 2.75) is 57.0 Å². The molecule has 0 radical (unpaired) electrons. The van der Waals surface area contributed by atoms with Crippen molar-refractivity contribution >= 4 is 12.0 Å². The summed E-state index contributed by atoms with van der Waals surface area (Å²) in [6.45, 7) is 2.51. The quantitative estimate of drug-likeness (QED) is 0.850. The number of hydrogen-bond donors (Lipinski definition) is 1.